The average molecular weight is 334 g/mol. The van der Waals surface area contributed by atoms with E-state index in [0.717, 1.165) is 44.2 Å². The first kappa shape index (κ1) is 18.5. The van der Waals surface area contributed by atoms with Crippen molar-refractivity contribution >= 4 is 11.6 Å². The lowest BCUT2D eigenvalue weighted by Crippen LogP contribution is -2.45. The third kappa shape index (κ3) is 6.02. The molecule has 0 radical (unpaired) electrons. The Kier molecular flexibility index (Phi) is 7.34. The molecule has 1 aromatic rings. The van der Waals surface area contributed by atoms with E-state index < -0.39 is 0 Å². The SMILES string of the molecule is COc1cccc(NC(N)=NCC(CC(C)C)N2CCOCC2)c1. The number of morpholine rings is 1. The zero-order chi connectivity index (χ0) is 17.4. The first-order valence-electron chi connectivity index (χ1n) is 8.61. The van der Waals surface area contributed by atoms with Crippen LogP contribution < -0.4 is 15.8 Å². The topological polar surface area (TPSA) is 72.1 Å². The Morgan fingerprint density at radius 1 is 1.38 bits per heavy atom. The number of hydrogen-bond donors (Lipinski definition) is 2. The third-order valence-electron chi connectivity index (χ3n) is 4.12. The van der Waals surface area contributed by atoms with E-state index in [4.69, 9.17) is 15.2 Å². The summed E-state index contributed by atoms with van der Waals surface area (Å²) in [6, 6.07) is 8.06. The molecule has 0 saturated carbocycles. The number of methoxy groups -OCH3 is 1. The smallest absolute Gasteiger partial charge is 0.193 e. The van der Waals surface area contributed by atoms with E-state index >= 15 is 0 Å². The summed E-state index contributed by atoms with van der Waals surface area (Å²) in [4.78, 5) is 7.03. The lowest BCUT2D eigenvalue weighted by atomic mass is 10.0. The van der Waals surface area contributed by atoms with Gasteiger partial charge in [0.15, 0.2) is 5.96 Å². The second kappa shape index (κ2) is 9.49. The minimum Gasteiger partial charge on any atom is -0.497 e. The van der Waals surface area contributed by atoms with E-state index in [1.165, 1.54) is 0 Å². The number of rotatable bonds is 7. The molecule has 3 N–H and O–H groups in total. The fourth-order valence-electron chi connectivity index (χ4n) is 2.92. The van der Waals surface area contributed by atoms with E-state index in [-0.39, 0.29) is 0 Å². The van der Waals surface area contributed by atoms with Gasteiger partial charge in [-0.25, -0.2) is 0 Å². The van der Waals surface area contributed by atoms with E-state index in [0.29, 0.717) is 24.5 Å². The molecule has 1 heterocycles. The minimum absolute atomic E-state index is 0.402. The van der Waals surface area contributed by atoms with E-state index in [9.17, 15) is 0 Å². The lowest BCUT2D eigenvalue weighted by molar-refractivity contribution is 0.0143. The van der Waals surface area contributed by atoms with Gasteiger partial charge in [-0.05, 0) is 24.5 Å². The molecule has 1 aliphatic rings. The Balaban J connectivity index is 1.95. The van der Waals surface area contributed by atoms with Crippen LogP contribution in [0.2, 0.25) is 0 Å². The van der Waals surface area contributed by atoms with Crippen LogP contribution in [-0.2, 0) is 4.74 Å². The maximum absolute atomic E-state index is 6.06. The van der Waals surface area contributed by atoms with Gasteiger partial charge in [-0.2, -0.15) is 0 Å². The van der Waals surface area contributed by atoms with E-state index in [2.05, 4.69) is 29.1 Å². The molecule has 0 aromatic heterocycles. The number of benzene rings is 1. The number of nitrogens with zero attached hydrogens (tertiary/aromatic N) is 2. The number of nitrogens with one attached hydrogen (secondary N) is 1. The molecular formula is C18H30N4O2. The molecule has 134 valence electrons. The second-order valence-corrected chi connectivity index (χ2v) is 6.51. The molecule has 24 heavy (non-hydrogen) atoms. The molecule has 0 bridgehead atoms. The van der Waals surface area contributed by atoms with Crippen molar-refractivity contribution in [2.75, 3.05) is 45.3 Å². The monoisotopic (exact) mass is 334 g/mol. The van der Waals surface area contributed by atoms with Crippen LogP contribution in [0.1, 0.15) is 20.3 Å². The normalized spacial score (nSPS) is 17.8. The van der Waals surface area contributed by atoms with Crippen LogP contribution in [0.4, 0.5) is 5.69 Å². The number of guanidine groups is 1. The summed E-state index contributed by atoms with van der Waals surface area (Å²) in [5.74, 6) is 1.85. The third-order valence-corrected chi connectivity index (χ3v) is 4.12. The minimum atomic E-state index is 0.402. The summed E-state index contributed by atoms with van der Waals surface area (Å²) in [6.45, 7) is 8.73. The van der Waals surface area contributed by atoms with E-state index in [1.54, 1.807) is 7.11 Å². The highest BCUT2D eigenvalue weighted by Crippen LogP contribution is 2.17. The highest BCUT2D eigenvalue weighted by Gasteiger charge is 2.21. The number of nitrogens with two attached hydrogens (primary N) is 1. The fraction of sp³-hybridized carbons (Fsp3) is 0.611. The maximum Gasteiger partial charge on any atom is 0.193 e. The fourth-order valence-corrected chi connectivity index (χ4v) is 2.92. The Morgan fingerprint density at radius 2 is 2.12 bits per heavy atom. The van der Waals surface area contributed by atoms with Crippen LogP contribution in [0.25, 0.3) is 0 Å². The molecule has 1 fully saturated rings. The van der Waals surface area contributed by atoms with Crippen molar-refractivity contribution in [1.82, 2.24) is 4.90 Å². The molecule has 0 aliphatic carbocycles. The van der Waals surface area contributed by atoms with E-state index in [1.807, 2.05) is 24.3 Å². The number of anilines is 1. The highest BCUT2D eigenvalue weighted by molar-refractivity contribution is 5.92. The van der Waals surface area contributed by atoms with Gasteiger partial charge < -0.3 is 20.5 Å². The predicted molar refractivity (Wildman–Crippen MR) is 98.7 cm³/mol. The van der Waals surface area contributed by atoms with Crippen LogP contribution in [-0.4, -0.2) is 56.9 Å². The number of ether oxygens (including phenoxy) is 2. The van der Waals surface area contributed by atoms with Gasteiger partial charge in [-0.1, -0.05) is 19.9 Å². The molecule has 0 amide bonds. The summed E-state index contributed by atoms with van der Waals surface area (Å²) in [5.41, 5.74) is 6.94. The van der Waals surface area contributed by atoms with Crippen molar-refractivity contribution < 1.29 is 9.47 Å². The Morgan fingerprint density at radius 3 is 2.79 bits per heavy atom. The van der Waals surface area contributed by atoms with Crippen LogP contribution in [0.15, 0.2) is 29.3 Å². The van der Waals surface area contributed by atoms with Crippen LogP contribution in [0.5, 0.6) is 5.75 Å². The van der Waals surface area contributed by atoms with Crippen molar-refractivity contribution in [1.29, 1.82) is 0 Å². The number of hydrogen-bond acceptors (Lipinski definition) is 4. The Labute approximate surface area is 145 Å². The highest BCUT2D eigenvalue weighted by atomic mass is 16.5. The molecule has 0 spiro atoms. The predicted octanol–water partition coefficient (Wildman–Crippen LogP) is 2.17. The summed E-state index contributed by atoms with van der Waals surface area (Å²) in [6.07, 6.45) is 1.11. The Bertz CT molecular complexity index is 528. The summed E-state index contributed by atoms with van der Waals surface area (Å²) >= 11 is 0. The van der Waals surface area contributed by atoms with Gasteiger partial charge in [0.25, 0.3) is 0 Å². The van der Waals surface area contributed by atoms with Crippen LogP contribution >= 0.6 is 0 Å². The summed E-state index contributed by atoms with van der Waals surface area (Å²) in [7, 11) is 1.65. The Hall–Kier alpha value is -1.79. The molecule has 1 aliphatic heterocycles. The van der Waals surface area contributed by atoms with Gasteiger partial charge in [-0.15, -0.1) is 0 Å². The van der Waals surface area contributed by atoms with Crippen molar-refractivity contribution in [3.05, 3.63) is 24.3 Å². The molecule has 6 nitrogen and oxygen atoms in total. The number of aliphatic imine (C=N–C) groups is 1. The first-order chi connectivity index (χ1) is 11.6. The average Bonchev–Trinajstić information content (AvgIpc) is 2.59. The second-order valence-electron chi connectivity index (χ2n) is 6.51. The molecule has 1 atom stereocenters. The molecule has 1 unspecified atom stereocenters. The molecule has 2 rings (SSSR count). The largest absolute Gasteiger partial charge is 0.497 e. The van der Waals surface area contributed by atoms with Crippen LogP contribution in [0.3, 0.4) is 0 Å². The van der Waals surface area contributed by atoms with Crippen LogP contribution in [0, 0.1) is 5.92 Å². The standard InChI is InChI=1S/C18H30N4O2/c1-14(2)11-16(22-7-9-24-10-8-22)13-20-18(19)21-15-5-4-6-17(12-15)23-3/h4-6,12,14,16H,7-11,13H2,1-3H3,(H3,19,20,21). The molecular weight excluding hydrogens is 304 g/mol. The molecule has 1 aromatic carbocycles. The van der Waals surface area contributed by atoms with Crippen molar-refractivity contribution in [3.8, 4) is 5.75 Å². The van der Waals surface area contributed by atoms with Gasteiger partial charge in [0, 0.05) is 30.9 Å². The van der Waals surface area contributed by atoms with Gasteiger partial charge >= 0.3 is 0 Å². The molecule has 1 saturated heterocycles. The van der Waals surface area contributed by atoms with Crippen molar-refractivity contribution in [2.45, 2.75) is 26.3 Å². The summed E-state index contributed by atoms with van der Waals surface area (Å²) < 4.78 is 10.7. The first-order valence-corrected chi connectivity index (χ1v) is 8.61. The maximum atomic E-state index is 6.06. The lowest BCUT2D eigenvalue weighted by Gasteiger charge is -2.34. The van der Waals surface area contributed by atoms with Crippen molar-refractivity contribution in [3.63, 3.8) is 0 Å². The zero-order valence-electron chi connectivity index (χ0n) is 15.0. The van der Waals surface area contributed by atoms with Gasteiger partial charge in [0.05, 0.1) is 26.9 Å². The summed E-state index contributed by atoms with van der Waals surface area (Å²) in [5, 5.41) is 3.13. The van der Waals surface area contributed by atoms with Gasteiger partial charge in [0.2, 0.25) is 0 Å². The zero-order valence-corrected chi connectivity index (χ0v) is 15.0. The van der Waals surface area contributed by atoms with Gasteiger partial charge in [-0.3, -0.25) is 9.89 Å². The quantitative estimate of drug-likeness (QED) is 0.591. The molecule has 6 heteroatoms. The van der Waals surface area contributed by atoms with Gasteiger partial charge in [0.1, 0.15) is 5.75 Å². The van der Waals surface area contributed by atoms with Crippen molar-refractivity contribution in [2.24, 2.45) is 16.6 Å².